The van der Waals surface area contributed by atoms with E-state index < -0.39 is 17.9 Å². The van der Waals surface area contributed by atoms with Gasteiger partial charge in [-0.05, 0) is 25.0 Å². The van der Waals surface area contributed by atoms with Crippen LogP contribution in [0.4, 0.5) is 4.39 Å². The van der Waals surface area contributed by atoms with E-state index in [2.05, 4.69) is 10.1 Å². The fourth-order valence-corrected chi connectivity index (χ4v) is 3.63. The van der Waals surface area contributed by atoms with Gasteiger partial charge in [0.05, 0.1) is 23.8 Å². The zero-order chi connectivity index (χ0) is 19.1. The number of likely N-dealkylation sites (tertiary alicyclic amines) is 1. The molecule has 2 aliphatic heterocycles. The SMILES string of the molecule is O=C1CC[C@@H](C(=O)N2CC[C@H](F)C2)n2c1nn(Cc1ccc(Cl)cn1)c2=O. The molecule has 0 aliphatic carbocycles. The molecule has 142 valence electrons. The molecule has 27 heavy (non-hydrogen) atoms. The second kappa shape index (κ2) is 6.88. The number of hydrogen-bond acceptors (Lipinski definition) is 5. The van der Waals surface area contributed by atoms with Gasteiger partial charge >= 0.3 is 5.69 Å². The van der Waals surface area contributed by atoms with Crippen LogP contribution in [-0.2, 0) is 11.3 Å². The molecule has 10 heteroatoms. The number of pyridine rings is 1. The molecular formula is C17H17ClFN5O3. The fourth-order valence-electron chi connectivity index (χ4n) is 3.52. The van der Waals surface area contributed by atoms with Crippen molar-refractivity contribution in [1.82, 2.24) is 24.2 Å². The topological polar surface area (TPSA) is 90.1 Å². The van der Waals surface area contributed by atoms with Gasteiger partial charge in [0.1, 0.15) is 12.2 Å². The Labute approximate surface area is 158 Å². The lowest BCUT2D eigenvalue weighted by molar-refractivity contribution is -0.134. The van der Waals surface area contributed by atoms with E-state index in [0.29, 0.717) is 23.7 Å². The smallest absolute Gasteiger partial charge is 0.338 e. The zero-order valence-corrected chi connectivity index (χ0v) is 15.1. The van der Waals surface area contributed by atoms with E-state index in [-0.39, 0.29) is 43.4 Å². The summed E-state index contributed by atoms with van der Waals surface area (Å²) in [5, 5.41) is 4.59. The Kier molecular flexibility index (Phi) is 4.55. The minimum absolute atomic E-state index is 0.0240. The van der Waals surface area contributed by atoms with Crippen molar-refractivity contribution in [2.24, 2.45) is 0 Å². The van der Waals surface area contributed by atoms with Gasteiger partial charge in [-0.3, -0.25) is 19.1 Å². The number of halogens is 2. The number of rotatable bonds is 3. The molecule has 1 saturated heterocycles. The van der Waals surface area contributed by atoms with Crippen LogP contribution in [0, 0.1) is 0 Å². The third-order valence-corrected chi connectivity index (χ3v) is 5.13. The summed E-state index contributed by atoms with van der Waals surface area (Å²) in [6.45, 7) is 0.397. The Morgan fingerprint density at radius 1 is 1.30 bits per heavy atom. The number of aromatic nitrogens is 4. The Morgan fingerprint density at radius 2 is 2.11 bits per heavy atom. The fraction of sp³-hybridized carbons (Fsp3) is 0.471. The van der Waals surface area contributed by atoms with E-state index in [0.717, 1.165) is 9.25 Å². The molecule has 4 heterocycles. The summed E-state index contributed by atoms with van der Waals surface area (Å²) < 4.78 is 15.7. The van der Waals surface area contributed by atoms with Crippen LogP contribution in [0.5, 0.6) is 0 Å². The predicted octanol–water partition coefficient (Wildman–Crippen LogP) is 1.23. The highest BCUT2D eigenvalue weighted by molar-refractivity contribution is 6.30. The molecule has 4 rings (SSSR count). The number of fused-ring (bicyclic) bond motifs is 1. The van der Waals surface area contributed by atoms with Gasteiger partial charge in [0.2, 0.25) is 11.7 Å². The summed E-state index contributed by atoms with van der Waals surface area (Å²) in [4.78, 5) is 43.4. The van der Waals surface area contributed by atoms with Crippen molar-refractivity contribution in [2.75, 3.05) is 13.1 Å². The maximum Gasteiger partial charge on any atom is 0.347 e. The van der Waals surface area contributed by atoms with Crippen LogP contribution in [0.1, 0.15) is 41.6 Å². The van der Waals surface area contributed by atoms with Crippen molar-refractivity contribution < 1.29 is 14.0 Å². The molecule has 2 atom stereocenters. The molecule has 0 N–H and O–H groups in total. The first-order valence-electron chi connectivity index (χ1n) is 8.70. The van der Waals surface area contributed by atoms with E-state index in [1.54, 1.807) is 12.1 Å². The average molecular weight is 394 g/mol. The molecule has 0 aromatic carbocycles. The van der Waals surface area contributed by atoms with Crippen molar-refractivity contribution in [3.8, 4) is 0 Å². The number of ketones is 1. The highest BCUT2D eigenvalue weighted by atomic mass is 35.5. The standard InChI is InChI=1S/C17H17ClFN5O3/c18-10-1-2-12(20-7-10)9-23-17(27)24-13(3-4-14(25)15(24)21-23)16(26)22-6-5-11(19)8-22/h1-2,7,11,13H,3-6,8-9H2/t11-,13-/m0/s1. The van der Waals surface area contributed by atoms with Crippen molar-refractivity contribution in [1.29, 1.82) is 0 Å². The predicted molar refractivity (Wildman–Crippen MR) is 93.5 cm³/mol. The average Bonchev–Trinajstić information content (AvgIpc) is 3.22. The minimum atomic E-state index is -1.05. The van der Waals surface area contributed by atoms with Crippen LogP contribution in [0.2, 0.25) is 5.02 Å². The molecule has 1 amide bonds. The lowest BCUT2D eigenvalue weighted by Gasteiger charge is -2.26. The van der Waals surface area contributed by atoms with Gasteiger partial charge in [-0.2, -0.15) is 0 Å². The summed E-state index contributed by atoms with van der Waals surface area (Å²) in [6.07, 6.45) is 1.03. The van der Waals surface area contributed by atoms with Crippen LogP contribution in [0.15, 0.2) is 23.1 Å². The molecule has 0 radical (unpaired) electrons. The van der Waals surface area contributed by atoms with Crippen LogP contribution >= 0.6 is 11.6 Å². The van der Waals surface area contributed by atoms with Crippen LogP contribution in [0.25, 0.3) is 0 Å². The number of carbonyl (C=O) groups is 2. The number of hydrogen-bond donors (Lipinski definition) is 0. The highest BCUT2D eigenvalue weighted by Gasteiger charge is 2.38. The first-order valence-corrected chi connectivity index (χ1v) is 9.07. The maximum atomic E-state index is 13.5. The summed E-state index contributed by atoms with van der Waals surface area (Å²) in [5.74, 6) is -0.659. The van der Waals surface area contributed by atoms with Crippen LogP contribution in [-0.4, -0.2) is 55.2 Å². The molecule has 2 aromatic heterocycles. The van der Waals surface area contributed by atoms with Crippen LogP contribution < -0.4 is 5.69 Å². The first kappa shape index (κ1) is 17.8. The van der Waals surface area contributed by atoms with Crippen molar-refractivity contribution >= 4 is 23.3 Å². The molecule has 1 fully saturated rings. The van der Waals surface area contributed by atoms with Gasteiger partial charge in [-0.1, -0.05) is 11.6 Å². The van der Waals surface area contributed by atoms with Gasteiger partial charge < -0.3 is 4.90 Å². The van der Waals surface area contributed by atoms with E-state index in [9.17, 15) is 18.8 Å². The van der Waals surface area contributed by atoms with E-state index in [1.807, 2.05) is 0 Å². The maximum absolute atomic E-state index is 13.5. The number of alkyl halides is 1. The summed E-state index contributed by atoms with van der Waals surface area (Å²) in [7, 11) is 0. The van der Waals surface area contributed by atoms with Gasteiger partial charge in [0.15, 0.2) is 5.78 Å². The highest BCUT2D eigenvalue weighted by Crippen LogP contribution is 2.26. The van der Waals surface area contributed by atoms with Gasteiger partial charge in [0.25, 0.3) is 0 Å². The second-order valence-electron chi connectivity index (χ2n) is 6.75. The van der Waals surface area contributed by atoms with Gasteiger partial charge in [0, 0.05) is 19.2 Å². The van der Waals surface area contributed by atoms with E-state index in [4.69, 9.17) is 11.6 Å². The normalized spacial score (nSPS) is 22.1. The Bertz CT molecular complexity index is 954. The molecule has 0 bridgehead atoms. The van der Waals surface area contributed by atoms with E-state index >= 15 is 0 Å². The molecule has 2 aliphatic rings. The quantitative estimate of drug-likeness (QED) is 0.782. The molecule has 0 unspecified atom stereocenters. The zero-order valence-electron chi connectivity index (χ0n) is 14.3. The summed E-state index contributed by atoms with van der Waals surface area (Å²) in [5.41, 5.74) is -0.00349. The monoisotopic (exact) mass is 393 g/mol. The molecule has 0 saturated carbocycles. The van der Waals surface area contributed by atoms with E-state index in [1.165, 1.54) is 11.1 Å². The summed E-state index contributed by atoms with van der Waals surface area (Å²) >= 11 is 5.81. The third kappa shape index (κ3) is 3.27. The Balaban J connectivity index is 1.66. The van der Waals surface area contributed by atoms with Crippen molar-refractivity contribution in [2.45, 2.75) is 38.0 Å². The van der Waals surface area contributed by atoms with Gasteiger partial charge in [-0.15, -0.1) is 5.10 Å². The number of carbonyl (C=O) groups excluding carboxylic acids is 2. The molecule has 0 spiro atoms. The largest absolute Gasteiger partial charge is 0.347 e. The molecule has 2 aromatic rings. The van der Waals surface area contributed by atoms with Crippen molar-refractivity contribution in [3.63, 3.8) is 0 Å². The second-order valence-corrected chi connectivity index (χ2v) is 7.19. The van der Waals surface area contributed by atoms with Crippen molar-refractivity contribution in [3.05, 3.63) is 45.4 Å². The minimum Gasteiger partial charge on any atom is -0.338 e. The lowest BCUT2D eigenvalue weighted by atomic mass is 10.0. The Hall–Kier alpha value is -2.55. The summed E-state index contributed by atoms with van der Waals surface area (Å²) in [6, 6.07) is 2.47. The first-order chi connectivity index (χ1) is 12.9. The molecular weight excluding hydrogens is 377 g/mol. The third-order valence-electron chi connectivity index (χ3n) is 4.90. The van der Waals surface area contributed by atoms with Crippen LogP contribution in [0.3, 0.4) is 0 Å². The lowest BCUT2D eigenvalue weighted by Crippen LogP contribution is -2.42. The number of amides is 1. The van der Waals surface area contributed by atoms with Gasteiger partial charge in [-0.25, -0.2) is 13.9 Å². The number of Topliss-reactive ketones (excluding diaryl/α,β-unsaturated/α-hetero) is 1. The number of nitrogens with zero attached hydrogens (tertiary/aromatic N) is 5. The Morgan fingerprint density at radius 3 is 2.78 bits per heavy atom. The molecule has 8 nitrogen and oxygen atoms in total.